The first-order chi connectivity index (χ1) is 6.14. The molecule has 1 aromatic heterocycles. The maximum absolute atomic E-state index is 5.61. The average Bonchev–Trinajstić information content (AvgIpc) is 2.57. The van der Waals surface area contributed by atoms with Crippen molar-refractivity contribution in [3.8, 4) is 0 Å². The topological polar surface area (TPSA) is 51.2 Å². The van der Waals surface area contributed by atoms with E-state index in [4.69, 9.17) is 10.2 Å². The van der Waals surface area contributed by atoms with Crippen molar-refractivity contribution in [3.05, 3.63) is 24.2 Å². The zero-order valence-corrected chi connectivity index (χ0v) is 8.34. The SMILES string of the molecule is CC(C)(CN)CNCc1ccoc1. The fraction of sp³-hybridized carbons (Fsp3) is 0.600. The zero-order valence-electron chi connectivity index (χ0n) is 8.34. The van der Waals surface area contributed by atoms with Gasteiger partial charge in [0.05, 0.1) is 12.5 Å². The highest BCUT2D eigenvalue weighted by Crippen LogP contribution is 2.10. The van der Waals surface area contributed by atoms with Crippen LogP contribution in [0.15, 0.2) is 23.0 Å². The van der Waals surface area contributed by atoms with Crippen LogP contribution < -0.4 is 11.1 Å². The first kappa shape index (κ1) is 10.3. The minimum atomic E-state index is 0.170. The van der Waals surface area contributed by atoms with Gasteiger partial charge in [-0.3, -0.25) is 0 Å². The number of hydrogen-bond donors (Lipinski definition) is 2. The Labute approximate surface area is 79.3 Å². The van der Waals surface area contributed by atoms with E-state index in [1.165, 1.54) is 5.56 Å². The van der Waals surface area contributed by atoms with Gasteiger partial charge in [-0.25, -0.2) is 0 Å². The minimum absolute atomic E-state index is 0.170. The molecule has 3 heteroatoms. The van der Waals surface area contributed by atoms with E-state index in [1.807, 2.05) is 6.07 Å². The van der Waals surface area contributed by atoms with Gasteiger partial charge in [-0.1, -0.05) is 13.8 Å². The summed E-state index contributed by atoms with van der Waals surface area (Å²) in [5, 5.41) is 3.34. The second-order valence-corrected chi connectivity index (χ2v) is 4.10. The summed E-state index contributed by atoms with van der Waals surface area (Å²) in [6, 6.07) is 1.96. The Morgan fingerprint density at radius 1 is 1.54 bits per heavy atom. The molecule has 0 radical (unpaired) electrons. The number of rotatable bonds is 5. The van der Waals surface area contributed by atoms with E-state index >= 15 is 0 Å². The van der Waals surface area contributed by atoms with Crippen molar-refractivity contribution < 1.29 is 4.42 Å². The quantitative estimate of drug-likeness (QED) is 0.722. The van der Waals surface area contributed by atoms with Gasteiger partial charge in [0, 0.05) is 18.7 Å². The van der Waals surface area contributed by atoms with Crippen LogP contribution in [-0.4, -0.2) is 13.1 Å². The highest BCUT2D eigenvalue weighted by molar-refractivity contribution is 5.04. The van der Waals surface area contributed by atoms with Crippen molar-refractivity contribution in [1.29, 1.82) is 0 Å². The molecule has 1 heterocycles. The van der Waals surface area contributed by atoms with Crippen LogP contribution in [0.4, 0.5) is 0 Å². The third-order valence-corrected chi connectivity index (χ3v) is 2.07. The van der Waals surface area contributed by atoms with E-state index in [1.54, 1.807) is 12.5 Å². The van der Waals surface area contributed by atoms with E-state index in [9.17, 15) is 0 Å². The van der Waals surface area contributed by atoms with Crippen LogP contribution in [0.25, 0.3) is 0 Å². The molecule has 0 aliphatic rings. The largest absolute Gasteiger partial charge is 0.472 e. The fourth-order valence-electron chi connectivity index (χ4n) is 1.01. The molecule has 1 aromatic rings. The Morgan fingerprint density at radius 2 is 2.31 bits per heavy atom. The smallest absolute Gasteiger partial charge is 0.0947 e. The van der Waals surface area contributed by atoms with Crippen LogP contribution in [0, 0.1) is 5.41 Å². The van der Waals surface area contributed by atoms with Gasteiger partial charge in [-0.2, -0.15) is 0 Å². The molecule has 0 amide bonds. The van der Waals surface area contributed by atoms with Crippen LogP contribution in [0.2, 0.25) is 0 Å². The fourth-order valence-corrected chi connectivity index (χ4v) is 1.01. The van der Waals surface area contributed by atoms with E-state index in [2.05, 4.69) is 19.2 Å². The molecule has 3 nitrogen and oxygen atoms in total. The molecule has 0 spiro atoms. The van der Waals surface area contributed by atoms with Crippen molar-refractivity contribution in [1.82, 2.24) is 5.32 Å². The minimum Gasteiger partial charge on any atom is -0.472 e. The molecule has 0 aliphatic carbocycles. The van der Waals surface area contributed by atoms with Crippen molar-refractivity contribution in [2.75, 3.05) is 13.1 Å². The van der Waals surface area contributed by atoms with Gasteiger partial charge in [-0.05, 0) is 18.0 Å². The first-order valence-corrected chi connectivity index (χ1v) is 4.56. The summed E-state index contributed by atoms with van der Waals surface area (Å²) >= 11 is 0. The number of nitrogens with two attached hydrogens (primary N) is 1. The maximum Gasteiger partial charge on any atom is 0.0947 e. The molecule has 0 bridgehead atoms. The summed E-state index contributed by atoms with van der Waals surface area (Å²) in [5.41, 5.74) is 6.95. The number of hydrogen-bond acceptors (Lipinski definition) is 3. The number of furan rings is 1. The normalized spacial score (nSPS) is 11.9. The van der Waals surface area contributed by atoms with E-state index in [0.29, 0.717) is 6.54 Å². The molecule has 0 aromatic carbocycles. The van der Waals surface area contributed by atoms with Gasteiger partial charge in [0.1, 0.15) is 0 Å². The lowest BCUT2D eigenvalue weighted by atomic mass is 9.94. The molecule has 3 N–H and O–H groups in total. The average molecular weight is 182 g/mol. The first-order valence-electron chi connectivity index (χ1n) is 4.56. The second kappa shape index (κ2) is 4.44. The van der Waals surface area contributed by atoms with Crippen molar-refractivity contribution in [3.63, 3.8) is 0 Å². The van der Waals surface area contributed by atoms with Crippen LogP contribution >= 0.6 is 0 Å². The molecular formula is C10H18N2O. The maximum atomic E-state index is 5.61. The van der Waals surface area contributed by atoms with Gasteiger partial charge in [-0.15, -0.1) is 0 Å². The lowest BCUT2D eigenvalue weighted by molar-refractivity contribution is 0.351. The molecule has 0 saturated heterocycles. The molecule has 0 unspecified atom stereocenters. The molecule has 13 heavy (non-hydrogen) atoms. The molecule has 0 atom stereocenters. The van der Waals surface area contributed by atoms with E-state index in [-0.39, 0.29) is 5.41 Å². The lowest BCUT2D eigenvalue weighted by Gasteiger charge is -2.22. The predicted octanol–water partition coefficient (Wildman–Crippen LogP) is 1.35. The van der Waals surface area contributed by atoms with Gasteiger partial charge in [0.15, 0.2) is 0 Å². The molecule has 74 valence electrons. The lowest BCUT2D eigenvalue weighted by Crippen LogP contribution is -2.35. The standard InChI is InChI=1S/C10H18N2O/c1-10(2,7-11)8-12-5-9-3-4-13-6-9/h3-4,6,12H,5,7-8,11H2,1-2H3. The number of nitrogens with one attached hydrogen (secondary N) is 1. The third kappa shape index (κ3) is 3.61. The highest BCUT2D eigenvalue weighted by Gasteiger charge is 2.14. The molecule has 0 saturated carbocycles. The Kier molecular flexibility index (Phi) is 3.51. The van der Waals surface area contributed by atoms with Crippen molar-refractivity contribution in [2.24, 2.45) is 11.1 Å². The molecular weight excluding hydrogens is 164 g/mol. The van der Waals surface area contributed by atoms with Crippen LogP contribution in [0.5, 0.6) is 0 Å². The molecule has 0 fully saturated rings. The molecule has 1 rings (SSSR count). The Balaban J connectivity index is 2.21. The van der Waals surface area contributed by atoms with Gasteiger partial charge in [0.2, 0.25) is 0 Å². The third-order valence-electron chi connectivity index (χ3n) is 2.07. The molecule has 0 aliphatic heterocycles. The Bertz CT molecular complexity index is 229. The Morgan fingerprint density at radius 3 is 2.85 bits per heavy atom. The van der Waals surface area contributed by atoms with Crippen molar-refractivity contribution in [2.45, 2.75) is 20.4 Å². The summed E-state index contributed by atoms with van der Waals surface area (Å²) in [7, 11) is 0. The van der Waals surface area contributed by atoms with Crippen molar-refractivity contribution >= 4 is 0 Å². The Hall–Kier alpha value is -0.800. The summed E-state index contributed by atoms with van der Waals surface area (Å²) < 4.78 is 4.96. The van der Waals surface area contributed by atoms with Gasteiger partial charge < -0.3 is 15.5 Å². The summed E-state index contributed by atoms with van der Waals surface area (Å²) in [5.74, 6) is 0. The highest BCUT2D eigenvalue weighted by atomic mass is 16.3. The van der Waals surface area contributed by atoms with Gasteiger partial charge in [0.25, 0.3) is 0 Å². The second-order valence-electron chi connectivity index (χ2n) is 4.10. The summed E-state index contributed by atoms with van der Waals surface area (Å²) in [6.45, 7) is 6.77. The van der Waals surface area contributed by atoms with Crippen LogP contribution in [-0.2, 0) is 6.54 Å². The summed E-state index contributed by atoms with van der Waals surface area (Å²) in [4.78, 5) is 0. The van der Waals surface area contributed by atoms with Crippen LogP contribution in [0.1, 0.15) is 19.4 Å². The van der Waals surface area contributed by atoms with Gasteiger partial charge >= 0.3 is 0 Å². The van der Waals surface area contributed by atoms with Crippen LogP contribution in [0.3, 0.4) is 0 Å². The zero-order chi connectivity index (χ0) is 9.73. The summed E-state index contributed by atoms with van der Waals surface area (Å²) in [6.07, 6.45) is 3.44. The predicted molar refractivity (Wildman–Crippen MR) is 53.3 cm³/mol. The monoisotopic (exact) mass is 182 g/mol. The van der Waals surface area contributed by atoms with E-state index < -0.39 is 0 Å². The van der Waals surface area contributed by atoms with E-state index in [0.717, 1.165) is 13.1 Å².